The smallest absolute Gasteiger partial charge is 0.257 e. The lowest BCUT2D eigenvalue weighted by Gasteiger charge is -2.28. The Hall–Kier alpha value is -2.07. The van der Waals surface area contributed by atoms with Gasteiger partial charge in [0.1, 0.15) is 16.3 Å². The van der Waals surface area contributed by atoms with E-state index in [1.807, 2.05) is 12.1 Å². The number of H-pyrrole nitrogens is 4. The van der Waals surface area contributed by atoms with Crippen LogP contribution < -0.4 is 10.9 Å². The van der Waals surface area contributed by atoms with Gasteiger partial charge in [0.05, 0.1) is 5.56 Å². The molecule has 10 heteroatoms. The fourth-order valence-corrected chi connectivity index (χ4v) is 3.91. The quantitative estimate of drug-likeness (QED) is 0.301. The van der Waals surface area contributed by atoms with Crippen LogP contribution >= 0.6 is 48.3 Å². The van der Waals surface area contributed by atoms with Crippen molar-refractivity contribution in [1.29, 1.82) is 0 Å². The van der Waals surface area contributed by atoms with Crippen molar-refractivity contribution in [2.45, 2.75) is 5.92 Å². The second-order valence-corrected chi connectivity index (χ2v) is 7.16. The molecule has 0 amide bonds. The molecule has 0 spiro atoms. The zero-order valence-electron chi connectivity index (χ0n) is 12.4. The maximum absolute atomic E-state index is 12.6. The zero-order chi connectivity index (χ0) is 17.7. The van der Waals surface area contributed by atoms with Crippen LogP contribution in [-0.4, -0.2) is 19.9 Å². The van der Waals surface area contributed by atoms with Gasteiger partial charge >= 0.3 is 0 Å². The summed E-state index contributed by atoms with van der Waals surface area (Å²) in [4.78, 5) is 24.2. The summed E-state index contributed by atoms with van der Waals surface area (Å²) >= 11 is 21.7. The fourth-order valence-electron chi connectivity index (χ4n) is 3.00. The highest BCUT2D eigenvalue weighted by Crippen LogP contribution is 2.41. The predicted molar refractivity (Wildman–Crippen MR) is 105 cm³/mol. The molecule has 2 aromatic heterocycles. The van der Waals surface area contributed by atoms with E-state index in [2.05, 4.69) is 25.3 Å². The topological polar surface area (TPSA) is 92.3 Å². The molecule has 0 saturated heterocycles. The molecule has 1 aromatic carbocycles. The van der Waals surface area contributed by atoms with Gasteiger partial charge in [-0.25, -0.2) is 0 Å². The van der Waals surface area contributed by atoms with Crippen LogP contribution in [-0.2, 0) is 0 Å². The number of hydrogen-bond donors (Lipinski definition) is 5. The maximum Gasteiger partial charge on any atom is 0.257 e. The number of halogens is 1. The van der Waals surface area contributed by atoms with Gasteiger partial charge in [0, 0.05) is 16.5 Å². The summed E-state index contributed by atoms with van der Waals surface area (Å²) in [6.45, 7) is 0. The number of anilines is 2. The number of rotatable bonds is 1. The van der Waals surface area contributed by atoms with Crippen molar-refractivity contribution in [3.63, 3.8) is 0 Å². The Labute approximate surface area is 161 Å². The van der Waals surface area contributed by atoms with Crippen molar-refractivity contribution >= 4 is 59.9 Å². The first-order valence-corrected chi connectivity index (χ1v) is 8.80. The Balaban J connectivity index is 2.11. The molecule has 1 atom stereocenters. The summed E-state index contributed by atoms with van der Waals surface area (Å²) in [5.41, 5.74) is 1.81. The van der Waals surface area contributed by atoms with Crippen LogP contribution in [0.1, 0.15) is 22.6 Å². The van der Waals surface area contributed by atoms with Gasteiger partial charge in [-0.3, -0.25) is 9.78 Å². The lowest BCUT2D eigenvalue weighted by atomic mass is 9.84. The third-order valence-corrected chi connectivity index (χ3v) is 4.97. The van der Waals surface area contributed by atoms with E-state index in [1.165, 1.54) is 0 Å². The summed E-state index contributed by atoms with van der Waals surface area (Å²) in [5, 5.41) is 3.75. The minimum absolute atomic E-state index is 0.231. The van der Waals surface area contributed by atoms with E-state index in [0.717, 1.165) is 11.1 Å². The highest BCUT2D eigenvalue weighted by molar-refractivity contribution is 7.72. The minimum Gasteiger partial charge on any atom is -0.327 e. The van der Waals surface area contributed by atoms with E-state index in [9.17, 15) is 4.79 Å². The Morgan fingerprint density at radius 2 is 1.44 bits per heavy atom. The SMILES string of the molecule is O=c1[nH]c(=S)[nH]c2c1C(c1ccc(Cl)cc1)c1c([nH]c(=S)[nH]c1=S)N2. The van der Waals surface area contributed by atoms with Crippen LogP contribution in [0.4, 0.5) is 11.6 Å². The lowest BCUT2D eigenvalue weighted by Crippen LogP contribution is -2.26. The fraction of sp³-hybridized carbons (Fsp3) is 0.0667. The summed E-state index contributed by atoms with van der Waals surface area (Å²) in [5.74, 6) is 0.722. The van der Waals surface area contributed by atoms with E-state index in [0.29, 0.717) is 31.6 Å². The molecule has 0 bridgehead atoms. The van der Waals surface area contributed by atoms with Gasteiger partial charge in [0.2, 0.25) is 0 Å². The first kappa shape index (κ1) is 16.4. The molecule has 5 N–H and O–H groups in total. The second-order valence-electron chi connectivity index (χ2n) is 5.50. The van der Waals surface area contributed by atoms with Crippen molar-refractivity contribution in [3.05, 3.63) is 70.5 Å². The molecular weight excluding hydrogens is 398 g/mol. The zero-order valence-corrected chi connectivity index (χ0v) is 15.6. The molecule has 0 aliphatic carbocycles. The van der Waals surface area contributed by atoms with Crippen LogP contribution in [0.15, 0.2) is 29.1 Å². The van der Waals surface area contributed by atoms with Crippen LogP contribution in [0, 0.1) is 14.2 Å². The van der Waals surface area contributed by atoms with Crippen molar-refractivity contribution in [1.82, 2.24) is 19.9 Å². The molecule has 0 fully saturated rings. The normalized spacial score (nSPS) is 15.2. The Morgan fingerprint density at radius 1 is 0.840 bits per heavy atom. The van der Waals surface area contributed by atoms with Crippen molar-refractivity contribution in [2.75, 3.05) is 5.32 Å². The maximum atomic E-state index is 12.6. The monoisotopic (exact) mass is 407 g/mol. The molecule has 0 saturated carbocycles. The molecule has 6 nitrogen and oxygen atoms in total. The molecule has 1 unspecified atom stereocenters. The van der Waals surface area contributed by atoms with Crippen LogP contribution in [0.25, 0.3) is 0 Å². The average molecular weight is 408 g/mol. The third kappa shape index (κ3) is 2.78. The summed E-state index contributed by atoms with van der Waals surface area (Å²) < 4.78 is 1.07. The molecular formula is C15H10ClN5OS3. The van der Waals surface area contributed by atoms with E-state index >= 15 is 0 Å². The molecule has 0 radical (unpaired) electrons. The standard InChI is InChI=1S/C15H10ClN5OS3/c16-6-3-1-5(2-4-6)7-8-10(18-14(24)20-12(8)22)17-11-9(7)13(23)21-15(25)19-11/h1-4,7H,(H5,17,18,19,20,21,22,23,24,25). The number of aromatic nitrogens is 4. The van der Waals surface area contributed by atoms with Gasteiger partial charge < -0.3 is 20.3 Å². The van der Waals surface area contributed by atoms with Crippen molar-refractivity contribution < 1.29 is 0 Å². The van der Waals surface area contributed by atoms with Gasteiger partial charge in [-0.05, 0) is 42.1 Å². The van der Waals surface area contributed by atoms with Gasteiger partial charge in [-0.2, -0.15) is 0 Å². The number of nitrogens with one attached hydrogen (secondary N) is 5. The molecule has 126 valence electrons. The van der Waals surface area contributed by atoms with E-state index in [1.54, 1.807) is 12.1 Å². The first-order chi connectivity index (χ1) is 11.9. The average Bonchev–Trinajstić information content (AvgIpc) is 2.53. The van der Waals surface area contributed by atoms with E-state index in [4.69, 9.17) is 48.3 Å². The van der Waals surface area contributed by atoms with Crippen molar-refractivity contribution in [3.8, 4) is 0 Å². The molecule has 1 aliphatic heterocycles. The minimum atomic E-state index is -0.408. The van der Waals surface area contributed by atoms with Gasteiger partial charge in [-0.15, -0.1) is 0 Å². The Morgan fingerprint density at radius 3 is 2.12 bits per heavy atom. The van der Waals surface area contributed by atoms with Crippen LogP contribution in [0.5, 0.6) is 0 Å². The number of fused-ring (bicyclic) bond motifs is 2. The van der Waals surface area contributed by atoms with Gasteiger partial charge in [-0.1, -0.05) is 36.0 Å². The predicted octanol–water partition coefficient (Wildman–Crippen LogP) is 4.44. The summed E-state index contributed by atoms with van der Waals surface area (Å²) in [6.07, 6.45) is 0. The Bertz CT molecular complexity index is 1150. The number of aromatic amines is 4. The van der Waals surface area contributed by atoms with Gasteiger partial charge in [0.15, 0.2) is 9.54 Å². The summed E-state index contributed by atoms with van der Waals surface area (Å²) in [6, 6.07) is 7.28. The van der Waals surface area contributed by atoms with E-state index < -0.39 is 5.92 Å². The lowest BCUT2D eigenvalue weighted by molar-refractivity contribution is 0.868. The first-order valence-electron chi connectivity index (χ1n) is 7.19. The molecule has 25 heavy (non-hydrogen) atoms. The third-order valence-electron chi connectivity index (χ3n) is 3.99. The molecule has 3 aromatic rings. The molecule has 1 aliphatic rings. The highest BCUT2D eigenvalue weighted by atomic mass is 35.5. The summed E-state index contributed by atoms with van der Waals surface area (Å²) in [7, 11) is 0. The molecule has 4 rings (SSSR count). The van der Waals surface area contributed by atoms with Crippen molar-refractivity contribution in [2.24, 2.45) is 0 Å². The largest absolute Gasteiger partial charge is 0.327 e. The second kappa shape index (κ2) is 6.03. The van der Waals surface area contributed by atoms with Crippen LogP contribution in [0.3, 0.4) is 0 Å². The highest BCUT2D eigenvalue weighted by Gasteiger charge is 2.32. The van der Waals surface area contributed by atoms with Crippen LogP contribution in [0.2, 0.25) is 5.02 Å². The number of benzene rings is 1. The number of hydrogen-bond acceptors (Lipinski definition) is 5. The molecule has 3 heterocycles. The Kier molecular flexibility index (Phi) is 3.95. The van der Waals surface area contributed by atoms with Gasteiger partial charge in [0.25, 0.3) is 5.56 Å². The van der Waals surface area contributed by atoms with E-state index in [-0.39, 0.29) is 10.3 Å².